The van der Waals surface area contributed by atoms with Gasteiger partial charge in [-0.05, 0) is 62.3 Å². The molecule has 4 bridgehead atoms. The van der Waals surface area contributed by atoms with Crippen molar-refractivity contribution in [1.82, 2.24) is 9.97 Å². The summed E-state index contributed by atoms with van der Waals surface area (Å²) in [5.74, 6) is 3.62. The van der Waals surface area contributed by atoms with Gasteiger partial charge in [-0.1, -0.05) is 0 Å². The summed E-state index contributed by atoms with van der Waals surface area (Å²) in [6.07, 6.45) is 10.4. The first kappa shape index (κ1) is 12.6. The Labute approximate surface area is 120 Å². The molecule has 0 aromatic carbocycles. The molecular weight excluding hydrogens is 248 g/mol. The Hall–Kier alpha value is -1.16. The van der Waals surface area contributed by atoms with Crippen LogP contribution >= 0.6 is 0 Å². The molecule has 1 heterocycles. The van der Waals surface area contributed by atoms with E-state index in [0.29, 0.717) is 12.0 Å². The zero-order valence-corrected chi connectivity index (χ0v) is 12.0. The lowest BCUT2D eigenvalue weighted by Crippen LogP contribution is -2.49. The maximum Gasteiger partial charge on any atom is 0.222 e. The van der Waals surface area contributed by atoms with Gasteiger partial charge in [-0.25, -0.2) is 9.97 Å². The molecule has 0 saturated heterocycles. The van der Waals surface area contributed by atoms with Gasteiger partial charge in [0.05, 0.1) is 5.69 Å². The fourth-order valence-corrected chi connectivity index (χ4v) is 5.35. The van der Waals surface area contributed by atoms with E-state index in [2.05, 4.69) is 16.4 Å². The molecule has 0 spiro atoms. The third-order valence-electron chi connectivity index (χ3n) is 5.66. The van der Waals surface area contributed by atoms with Gasteiger partial charge in [0.2, 0.25) is 5.95 Å². The topological polar surface area (TPSA) is 63.8 Å². The van der Waals surface area contributed by atoms with E-state index in [1.807, 2.05) is 6.20 Å². The molecule has 4 aliphatic carbocycles. The quantitative estimate of drug-likeness (QED) is 0.883. The van der Waals surface area contributed by atoms with Crippen LogP contribution in [0.15, 0.2) is 12.3 Å². The monoisotopic (exact) mass is 272 g/mol. The number of hydrogen-bond donors (Lipinski definition) is 2. The molecule has 3 N–H and O–H groups in total. The lowest BCUT2D eigenvalue weighted by atomic mass is 9.49. The molecule has 0 amide bonds. The Morgan fingerprint density at radius 1 is 1.15 bits per heavy atom. The summed E-state index contributed by atoms with van der Waals surface area (Å²) in [6, 6.07) is 2.15. The van der Waals surface area contributed by atoms with E-state index >= 15 is 0 Å². The van der Waals surface area contributed by atoms with E-state index in [-0.39, 0.29) is 0 Å². The lowest BCUT2D eigenvalue weighted by molar-refractivity contribution is -0.00719. The van der Waals surface area contributed by atoms with E-state index < -0.39 is 0 Å². The van der Waals surface area contributed by atoms with Gasteiger partial charge in [0.1, 0.15) is 0 Å². The largest absolute Gasteiger partial charge is 0.353 e. The molecule has 5 rings (SSSR count). The Bertz CT molecular complexity index is 464. The molecule has 0 unspecified atom stereocenters. The summed E-state index contributed by atoms with van der Waals surface area (Å²) < 4.78 is 0. The molecule has 0 aliphatic heterocycles. The van der Waals surface area contributed by atoms with Crippen LogP contribution in [0, 0.1) is 17.8 Å². The smallest absolute Gasteiger partial charge is 0.222 e. The molecule has 1 aromatic rings. The first-order valence-electron chi connectivity index (χ1n) is 8.05. The van der Waals surface area contributed by atoms with Gasteiger partial charge < -0.3 is 11.1 Å². The highest BCUT2D eigenvalue weighted by atomic mass is 15.1. The van der Waals surface area contributed by atoms with Crippen LogP contribution in [0.25, 0.3) is 0 Å². The van der Waals surface area contributed by atoms with Crippen LogP contribution < -0.4 is 11.1 Å². The third kappa shape index (κ3) is 2.01. The Balaban J connectivity index is 1.63. The summed E-state index contributed by atoms with van der Waals surface area (Å²) in [5, 5.41) is 3.22. The van der Waals surface area contributed by atoms with E-state index in [9.17, 15) is 0 Å². The summed E-state index contributed by atoms with van der Waals surface area (Å²) in [5.41, 5.74) is 7.18. The first-order chi connectivity index (χ1) is 9.77. The molecule has 4 fully saturated rings. The zero-order valence-electron chi connectivity index (χ0n) is 12.0. The first-order valence-corrected chi connectivity index (χ1v) is 8.05. The van der Waals surface area contributed by atoms with Crippen LogP contribution in [0.1, 0.15) is 44.2 Å². The van der Waals surface area contributed by atoms with Crippen molar-refractivity contribution in [3.63, 3.8) is 0 Å². The van der Waals surface area contributed by atoms with E-state index in [0.717, 1.165) is 30.2 Å². The Morgan fingerprint density at radius 2 is 1.80 bits per heavy atom. The van der Waals surface area contributed by atoms with Crippen molar-refractivity contribution in [2.24, 2.45) is 23.5 Å². The number of rotatable bonds is 4. The van der Waals surface area contributed by atoms with Crippen LogP contribution in [-0.4, -0.2) is 23.1 Å². The van der Waals surface area contributed by atoms with Crippen LogP contribution in [0.4, 0.5) is 5.95 Å². The standard InChI is InChI=1S/C16H24N4/c17-2-4-19-15-18-3-1-14(20-15)16-8-11-5-12(9-16)7-13(6-11)10-16/h1,3,11-13H,2,4-10,17H2,(H,18,19,20). The second-order valence-corrected chi connectivity index (χ2v) is 7.18. The molecule has 1 aromatic heterocycles. The van der Waals surface area contributed by atoms with Gasteiger partial charge in [0.15, 0.2) is 0 Å². The molecular formula is C16H24N4. The highest BCUT2D eigenvalue weighted by Gasteiger charge is 2.52. The minimum Gasteiger partial charge on any atom is -0.353 e. The number of anilines is 1. The molecule has 4 nitrogen and oxygen atoms in total. The van der Waals surface area contributed by atoms with Crippen LogP contribution in [0.5, 0.6) is 0 Å². The zero-order chi connectivity index (χ0) is 13.6. The summed E-state index contributed by atoms with van der Waals surface area (Å²) >= 11 is 0. The van der Waals surface area contributed by atoms with Crippen molar-refractivity contribution < 1.29 is 0 Å². The van der Waals surface area contributed by atoms with Crippen molar-refractivity contribution in [2.75, 3.05) is 18.4 Å². The van der Waals surface area contributed by atoms with Crippen molar-refractivity contribution in [2.45, 2.75) is 43.9 Å². The Kier molecular flexibility index (Phi) is 2.95. The molecule has 108 valence electrons. The Morgan fingerprint density at radius 3 is 2.40 bits per heavy atom. The fourth-order valence-electron chi connectivity index (χ4n) is 5.35. The van der Waals surface area contributed by atoms with Crippen molar-refractivity contribution in [1.29, 1.82) is 0 Å². The summed E-state index contributed by atoms with van der Waals surface area (Å²) in [7, 11) is 0. The average Bonchev–Trinajstić information content (AvgIpc) is 2.44. The summed E-state index contributed by atoms with van der Waals surface area (Å²) in [4.78, 5) is 9.15. The molecule has 0 atom stereocenters. The van der Waals surface area contributed by atoms with Gasteiger partial charge in [-0.3, -0.25) is 0 Å². The molecule has 4 saturated carbocycles. The summed E-state index contributed by atoms with van der Waals surface area (Å²) in [6.45, 7) is 1.36. The predicted molar refractivity (Wildman–Crippen MR) is 79.4 cm³/mol. The minimum atomic E-state index is 0.358. The average molecular weight is 272 g/mol. The second-order valence-electron chi connectivity index (χ2n) is 7.18. The lowest BCUT2D eigenvalue weighted by Gasteiger charge is -2.56. The predicted octanol–water partition coefficient (Wildman–Crippen LogP) is 2.32. The highest BCUT2D eigenvalue weighted by molar-refractivity contribution is 5.30. The fraction of sp³-hybridized carbons (Fsp3) is 0.750. The number of hydrogen-bond acceptors (Lipinski definition) is 4. The van der Waals surface area contributed by atoms with Crippen LogP contribution in [0.3, 0.4) is 0 Å². The van der Waals surface area contributed by atoms with Crippen LogP contribution in [-0.2, 0) is 5.41 Å². The van der Waals surface area contributed by atoms with Crippen molar-refractivity contribution >= 4 is 5.95 Å². The van der Waals surface area contributed by atoms with E-state index in [1.54, 1.807) is 0 Å². The van der Waals surface area contributed by atoms with Crippen molar-refractivity contribution in [3.05, 3.63) is 18.0 Å². The number of nitrogens with one attached hydrogen (secondary N) is 1. The van der Waals surface area contributed by atoms with Gasteiger partial charge in [-0.2, -0.15) is 0 Å². The van der Waals surface area contributed by atoms with Gasteiger partial charge in [0.25, 0.3) is 0 Å². The molecule has 0 radical (unpaired) electrons. The molecule has 20 heavy (non-hydrogen) atoms. The molecule has 4 heteroatoms. The number of aromatic nitrogens is 2. The van der Waals surface area contributed by atoms with Crippen molar-refractivity contribution in [3.8, 4) is 0 Å². The maximum absolute atomic E-state index is 5.54. The van der Waals surface area contributed by atoms with E-state index in [1.165, 1.54) is 44.2 Å². The molecule has 4 aliphatic rings. The minimum absolute atomic E-state index is 0.358. The maximum atomic E-state index is 5.54. The number of nitrogens with two attached hydrogens (primary N) is 1. The van der Waals surface area contributed by atoms with E-state index in [4.69, 9.17) is 10.7 Å². The SMILES string of the molecule is NCCNc1nccc(C23CC4CC(CC(C4)C2)C3)n1. The van der Waals surface area contributed by atoms with Crippen LogP contribution in [0.2, 0.25) is 0 Å². The third-order valence-corrected chi connectivity index (χ3v) is 5.66. The van der Waals surface area contributed by atoms with Gasteiger partial charge in [0, 0.05) is 24.7 Å². The number of nitrogens with zero attached hydrogens (tertiary/aromatic N) is 2. The second kappa shape index (κ2) is 4.69. The highest BCUT2D eigenvalue weighted by Crippen LogP contribution is 2.60. The van der Waals surface area contributed by atoms with Gasteiger partial charge in [-0.15, -0.1) is 0 Å². The van der Waals surface area contributed by atoms with Gasteiger partial charge >= 0.3 is 0 Å². The normalized spacial score (nSPS) is 38.1.